The van der Waals surface area contributed by atoms with E-state index in [1.165, 1.54) is 12.1 Å². The van der Waals surface area contributed by atoms with Gasteiger partial charge in [0, 0.05) is 22.3 Å². The highest BCUT2D eigenvalue weighted by Crippen LogP contribution is 2.22. The van der Waals surface area contributed by atoms with E-state index >= 15 is 0 Å². The van der Waals surface area contributed by atoms with Crippen molar-refractivity contribution >= 4 is 44.8 Å². The minimum Gasteiger partial charge on any atom is -0.325 e. The molecule has 0 aliphatic rings. The third kappa shape index (κ3) is 6.08. The smallest absolute Gasteiger partial charge is 0.243 e. The fourth-order valence-corrected chi connectivity index (χ4v) is 4.87. The normalized spacial score (nSPS) is 11.5. The molecular weight excluding hydrogens is 455 g/mol. The third-order valence-electron chi connectivity index (χ3n) is 4.69. The molecule has 0 aromatic heterocycles. The quantitative estimate of drug-likeness (QED) is 0.493. The number of hydrogen-bond acceptors (Lipinski definition) is 3. The van der Waals surface area contributed by atoms with Crippen LogP contribution in [0.2, 0.25) is 10.0 Å². The van der Waals surface area contributed by atoms with Crippen LogP contribution in [0.5, 0.6) is 0 Å². The van der Waals surface area contributed by atoms with Crippen LogP contribution in [0.15, 0.2) is 71.6 Å². The molecule has 0 spiro atoms. The summed E-state index contributed by atoms with van der Waals surface area (Å²) in [7, 11) is -3.92. The van der Waals surface area contributed by atoms with Crippen LogP contribution in [-0.2, 0) is 21.4 Å². The third-order valence-corrected chi connectivity index (χ3v) is 6.97. The lowest BCUT2D eigenvalue weighted by Gasteiger charge is -2.22. The van der Waals surface area contributed by atoms with Gasteiger partial charge in [-0.2, -0.15) is 4.31 Å². The van der Waals surface area contributed by atoms with Gasteiger partial charge in [-0.15, -0.1) is 0 Å². The summed E-state index contributed by atoms with van der Waals surface area (Å²) in [5.41, 5.74) is 2.98. The van der Waals surface area contributed by atoms with E-state index in [4.69, 9.17) is 23.2 Å². The molecule has 0 fully saturated rings. The number of halogens is 2. The number of sulfonamides is 1. The molecule has 1 N–H and O–H groups in total. The number of benzene rings is 3. The molecule has 0 unspecified atom stereocenters. The molecule has 0 aliphatic heterocycles. The zero-order chi connectivity index (χ0) is 22.6. The monoisotopic (exact) mass is 476 g/mol. The fourth-order valence-electron chi connectivity index (χ4n) is 3.04. The maximum atomic E-state index is 13.3. The van der Waals surface area contributed by atoms with E-state index in [2.05, 4.69) is 5.32 Å². The van der Waals surface area contributed by atoms with Gasteiger partial charge in [-0.3, -0.25) is 4.79 Å². The summed E-state index contributed by atoms with van der Waals surface area (Å²) in [6.45, 7) is 3.34. The molecule has 3 rings (SSSR count). The lowest BCUT2D eigenvalue weighted by atomic mass is 10.2. The van der Waals surface area contributed by atoms with Crippen LogP contribution in [-0.4, -0.2) is 25.2 Å². The van der Waals surface area contributed by atoms with Gasteiger partial charge in [0.05, 0.1) is 11.4 Å². The SMILES string of the molecule is Cc1ccc(S(=O)(=O)N(CC(=O)Nc2ccc(Cl)cc2C)Cc2cccc(Cl)c2)cc1. The number of nitrogens with zero attached hydrogens (tertiary/aromatic N) is 1. The van der Waals surface area contributed by atoms with E-state index < -0.39 is 15.9 Å². The van der Waals surface area contributed by atoms with Gasteiger partial charge in [-0.25, -0.2) is 8.42 Å². The van der Waals surface area contributed by atoms with Gasteiger partial charge in [-0.1, -0.05) is 53.0 Å². The Kier molecular flexibility index (Phi) is 7.38. The maximum absolute atomic E-state index is 13.3. The first-order valence-corrected chi connectivity index (χ1v) is 11.7. The maximum Gasteiger partial charge on any atom is 0.243 e. The second-order valence-corrected chi connectivity index (χ2v) is 10.0. The number of anilines is 1. The number of carbonyl (C=O) groups excluding carboxylic acids is 1. The number of amides is 1. The van der Waals surface area contributed by atoms with E-state index in [1.807, 2.05) is 13.8 Å². The van der Waals surface area contributed by atoms with E-state index in [1.54, 1.807) is 54.6 Å². The predicted molar refractivity (Wildman–Crippen MR) is 125 cm³/mol. The van der Waals surface area contributed by atoms with Gasteiger partial charge < -0.3 is 5.32 Å². The van der Waals surface area contributed by atoms with Crippen molar-refractivity contribution in [3.8, 4) is 0 Å². The van der Waals surface area contributed by atoms with Crippen molar-refractivity contribution < 1.29 is 13.2 Å². The molecule has 8 heteroatoms. The Morgan fingerprint density at radius 3 is 2.26 bits per heavy atom. The average Bonchev–Trinajstić information content (AvgIpc) is 2.70. The molecule has 0 bridgehead atoms. The Labute approximate surface area is 192 Å². The summed E-state index contributed by atoms with van der Waals surface area (Å²) in [4.78, 5) is 12.9. The van der Waals surface area contributed by atoms with Crippen molar-refractivity contribution in [3.05, 3.63) is 93.5 Å². The van der Waals surface area contributed by atoms with E-state index in [0.29, 0.717) is 21.3 Å². The first-order valence-electron chi connectivity index (χ1n) is 9.52. The van der Waals surface area contributed by atoms with Crippen LogP contribution in [0.3, 0.4) is 0 Å². The molecule has 0 atom stereocenters. The first kappa shape index (κ1) is 23.3. The number of carbonyl (C=O) groups is 1. The lowest BCUT2D eigenvalue weighted by molar-refractivity contribution is -0.116. The van der Waals surface area contributed by atoms with Crippen molar-refractivity contribution in [3.63, 3.8) is 0 Å². The molecule has 3 aromatic carbocycles. The van der Waals surface area contributed by atoms with Crippen molar-refractivity contribution in [2.45, 2.75) is 25.3 Å². The van der Waals surface area contributed by atoms with Crippen molar-refractivity contribution in [1.82, 2.24) is 4.31 Å². The number of aryl methyl sites for hydroxylation is 2. The van der Waals surface area contributed by atoms with Crippen LogP contribution in [0, 0.1) is 13.8 Å². The summed E-state index contributed by atoms with van der Waals surface area (Å²) < 4.78 is 27.8. The molecule has 5 nitrogen and oxygen atoms in total. The Bertz CT molecular complexity index is 1200. The van der Waals surface area contributed by atoms with Gasteiger partial charge in [0.1, 0.15) is 0 Å². The molecule has 0 saturated carbocycles. The zero-order valence-corrected chi connectivity index (χ0v) is 19.4. The fraction of sp³-hybridized carbons (Fsp3) is 0.174. The zero-order valence-electron chi connectivity index (χ0n) is 17.1. The van der Waals surface area contributed by atoms with Gasteiger partial charge in [0.2, 0.25) is 15.9 Å². The summed E-state index contributed by atoms with van der Waals surface area (Å²) in [6, 6.07) is 18.5. The molecule has 162 valence electrons. The Morgan fingerprint density at radius 1 is 0.935 bits per heavy atom. The summed E-state index contributed by atoms with van der Waals surface area (Å²) in [5, 5.41) is 3.82. The van der Waals surface area contributed by atoms with Crippen molar-refractivity contribution in [2.24, 2.45) is 0 Å². The topological polar surface area (TPSA) is 66.5 Å². The van der Waals surface area contributed by atoms with Crippen LogP contribution in [0.1, 0.15) is 16.7 Å². The van der Waals surface area contributed by atoms with Gasteiger partial charge in [-0.05, 0) is 67.4 Å². The van der Waals surface area contributed by atoms with Crippen LogP contribution in [0.4, 0.5) is 5.69 Å². The summed E-state index contributed by atoms with van der Waals surface area (Å²) in [6.07, 6.45) is 0. The second-order valence-electron chi connectivity index (χ2n) is 7.22. The van der Waals surface area contributed by atoms with Gasteiger partial charge in [0.15, 0.2) is 0 Å². The van der Waals surface area contributed by atoms with Gasteiger partial charge >= 0.3 is 0 Å². The molecule has 1 amide bonds. The number of rotatable bonds is 7. The number of hydrogen-bond donors (Lipinski definition) is 1. The van der Waals surface area contributed by atoms with E-state index in [9.17, 15) is 13.2 Å². The molecule has 3 aromatic rings. The molecule has 0 aliphatic carbocycles. The Hall–Kier alpha value is -2.38. The lowest BCUT2D eigenvalue weighted by Crippen LogP contribution is -2.37. The van der Waals surface area contributed by atoms with E-state index in [-0.39, 0.29) is 18.0 Å². The molecular formula is C23H22Cl2N2O3S. The highest BCUT2D eigenvalue weighted by Gasteiger charge is 2.27. The summed E-state index contributed by atoms with van der Waals surface area (Å²) >= 11 is 12.0. The minimum atomic E-state index is -3.92. The first-order chi connectivity index (χ1) is 14.6. The molecule has 31 heavy (non-hydrogen) atoms. The standard InChI is InChI=1S/C23H22Cl2N2O3S/c1-16-6-9-21(10-7-16)31(29,30)27(14-18-4-3-5-19(24)13-18)15-23(28)26-22-11-8-20(25)12-17(22)2/h3-13H,14-15H2,1-2H3,(H,26,28). The highest BCUT2D eigenvalue weighted by molar-refractivity contribution is 7.89. The highest BCUT2D eigenvalue weighted by atomic mass is 35.5. The average molecular weight is 477 g/mol. The second kappa shape index (κ2) is 9.83. The summed E-state index contributed by atoms with van der Waals surface area (Å²) in [5.74, 6) is -0.455. The molecule has 0 saturated heterocycles. The van der Waals surface area contributed by atoms with Crippen molar-refractivity contribution in [2.75, 3.05) is 11.9 Å². The van der Waals surface area contributed by atoms with Crippen LogP contribution in [0.25, 0.3) is 0 Å². The largest absolute Gasteiger partial charge is 0.325 e. The van der Waals surface area contributed by atoms with Crippen molar-refractivity contribution in [1.29, 1.82) is 0 Å². The number of nitrogens with one attached hydrogen (secondary N) is 1. The molecule has 0 radical (unpaired) electrons. The van der Waals surface area contributed by atoms with E-state index in [0.717, 1.165) is 15.4 Å². The van der Waals surface area contributed by atoms with Crippen LogP contribution < -0.4 is 5.32 Å². The Balaban J connectivity index is 1.89. The Morgan fingerprint density at radius 2 is 1.61 bits per heavy atom. The minimum absolute atomic E-state index is 0.00376. The van der Waals surface area contributed by atoms with Crippen LogP contribution >= 0.6 is 23.2 Å². The molecule has 0 heterocycles. The van der Waals surface area contributed by atoms with Gasteiger partial charge in [0.25, 0.3) is 0 Å². The predicted octanol–water partition coefficient (Wildman–Crippen LogP) is 5.44.